The molecular formula is C27H26F3N3O3. The summed E-state index contributed by atoms with van der Waals surface area (Å²) in [5.41, 5.74) is -0.241. The number of phenolic OH excluding ortho intramolecular Hbond substituents is 1. The summed E-state index contributed by atoms with van der Waals surface area (Å²) >= 11 is 0. The number of benzene rings is 2. The van der Waals surface area contributed by atoms with Gasteiger partial charge in [0.25, 0.3) is 0 Å². The van der Waals surface area contributed by atoms with Crippen LogP contribution in [0, 0.1) is 0 Å². The number of rotatable bonds is 5. The van der Waals surface area contributed by atoms with Crippen molar-refractivity contribution in [3.05, 3.63) is 75.9 Å². The van der Waals surface area contributed by atoms with E-state index in [1.165, 1.54) is 23.1 Å². The predicted octanol–water partition coefficient (Wildman–Crippen LogP) is 5.92. The summed E-state index contributed by atoms with van der Waals surface area (Å²) < 4.78 is 49.7. The highest BCUT2D eigenvalue weighted by Crippen LogP contribution is 2.40. The Balaban J connectivity index is 1.74. The second-order valence-corrected chi connectivity index (χ2v) is 9.07. The smallest absolute Gasteiger partial charge is 0.450 e. The Kier molecular flexibility index (Phi) is 6.34. The molecule has 0 aliphatic carbocycles. The van der Waals surface area contributed by atoms with Crippen molar-refractivity contribution in [1.82, 2.24) is 14.7 Å². The van der Waals surface area contributed by atoms with Crippen molar-refractivity contribution in [2.24, 2.45) is 0 Å². The molecule has 6 nitrogen and oxygen atoms in total. The molecule has 3 heterocycles. The number of nitrogens with zero attached hydrogens (tertiary/aromatic N) is 3. The SMILES string of the molecule is CCc1cc2c(=O)c(-c3cnn(-c4ccccc4)c3)c(C(F)(F)F)oc2c(CN2CCCCC2)c1O. The van der Waals surface area contributed by atoms with Gasteiger partial charge in [-0.25, -0.2) is 4.68 Å². The molecule has 0 saturated carbocycles. The van der Waals surface area contributed by atoms with Crippen molar-refractivity contribution in [2.75, 3.05) is 13.1 Å². The largest absolute Gasteiger partial charge is 0.507 e. The highest BCUT2D eigenvalue weighted by Gasteiger charge is 2.40. The van der Waals surface area contributed by atoms with E-state index < -0.39 is 22.9 Å². The lowest BCUT2D eigenvalue weighted by molar-refractivity contribution is -0.152. The molecule has 0 spiro atoms. The molecule has 0 amide bonds. The lowest BCUT2D eigenvalue weighted by Crippen LogP contribution is -2.29. The van der Waals surface area contributed by atoms with Gasteiger partial charge in [-0.15, -0.1) is 0 Å². The molecule has 2 aromatic heterocycles. The molecule has 36 heavy (non-hydrogen) atoms. The van der Waals surface area contributed by atoms with Crippen LogP contribution in [0.4, 0.5) is 13.2 Å². The molecule has 1 fully saturated rings. The van der Waals surface area contributed by atoms with Crippen LogP contribution in [0.1, 0.15) is 43.1 Å². The summed E-state index contributed by atoms with van der Waals surface area (Å²) in [6, 6.07) is 10.3. The number of phenols is 1. The average Bonchev–Trinajstić information content (AvgIpc) is 3.36. The Morgan fingerprint density at radius 3 is 2.50 bits per heavy atom. The lowest BCUT2D eigenvalue weighted by atomic mass is 9.98. The maximum atomic E-state index is 14.3. The summed E-state index contributed by atoms with van der Waals surface area (Å²) in [7, 11) is 0. The fraction of sp³-hybridized carbons (Fsp3) is 0.333. The number of fused-ring (bicyclic) bond motifs is 1. The van der Waals surface area contributed by atoms with Crippen LogP contribution in [0.25, 0.3) is 27.8 Å². The number of hydrogen-bond acceptors (Lipinski definition) is 5. The number of piperidine rings is 1. The quantitative estimate of drug-likeness (QED) is 0.371. The van der Waals surface area contributed by atoms with E-state index in [-0.39, 0.29) is 34.4 Å². The van der Waals surface area contributed by atoms with Crippen molar-refractivity contribution >= 4 is 11.0 Å². The summed E-state index contributed by atoms with van der Waals surface area (Å²) in [5, 5.41) is 15.1. The molecule has 4 aromatic rings. The monoisotopic (exact) mass is 497 g/mol. The Bertz CT molecular complexity index is 1450. The van der Waals surface area contributed by atoms with E-state index in [2.05, 4.69) is 10.00 Å². The normalized spacial score (nSPS) is 15.0. The van der Waals surface area contributed by atoms with Crippen LogP contribution >= 0.6 is 0 Å². The third-order valence-corrected chi connectivity index (χ3v) is 6.69. The maximum Gasteiger partial charge on any atom is 0.450 e. The number of alkyl halides is 3. The van der Waals surface area contributed by atoms with Gasteiger partial charge in [0.05, 0.1) is 28.4 Å². The third-order valence-electron chi connectivity index (χ3n) is 6.69. The summed E-state index contributed by atoms with van der Waals surface area (Å²) in [4.78, 5) is 15.7. The van der Waals surface area contributed by atoms with E-state index >= 15 is 0 Å². The van der Waals surface area contributed by atoms with Crippen LogP contribution in [0.2, 0.25) is 0 Å². The van der Waals surface area contributed by atoms with Crippen molar-refractivity contribution in [3.8, 4) is 22.6 Å². The fourth-order valence-corrected chi connectivity index (χ4v) is 4.84. The number of halogens is 3. The van der Waals surface area contributed by atoms with Crippen LogP contribution < -0.4 is 5.43 Å². The Morgan fingerprint density at radius 1 is 1.11 bits per heavy atom. The van der Waals surface area contributed by atoms with Crippen LogP contribution in [0.3, 0.4) is 0 Å². The van der Waals surface area contributed by atoms with Crippen LogP contribution in [0.5, 0.6) is 5.75 Å². The minimum absolute atomic E-state index is 0.00512. The molecule has 1 N–H and O–H groups in total. The highest BCUT2D eigenvalue weighted by atomic mass is 19.4. The van der Waals surface area contributed by atoms with Gasteiger partial charge >= 0.3 is 6.18 Å². The topological polar surface area (TPSA) is 71.5 Å². The standard InChI is InChI=1S/C27H26F3N3O3/c1-2-17-13-20-24(35)22(18-14-31-33(15-18)19-9-5-3-6-10-19)26(27(28,29)30)36-25(20)21(23(17)34)16-32-11-7-4-8-12-32/h3,5-6,9-10,13-15,34H,2,4,7-8,11-12,16H2,1H3. The van der Waals surface area contributed by atoms with Crippen LogP contribution in [0.15, 0.2) is 58.0 Å². The van der Waals surface area contributed by atoms with Crippen molar-refractivity contribution in [1.29, 1.82) is 0 Å². The Hall–Kier alpha value is -3.59. The molecule has 188 valence electrons. The van der Waals surface area contributed by atoms with E-state index in [0.717, 1.165) is 32.4 Å². The number of aromatic nitrogens is 2. The number of aryl methyl sites for hydroxylation is 1. The van der Waals surface area contributed by atoms with Gasteiger partial charge in [-0.3, -0.25) is 9.69 Å². The summed E-state index contributed by atoms with van der Waals surface area (Å²) in [6.45, 7) is 3.57. The number of para-hydroxylation sites is 1. The fourth-order valence-electron chi connectivity index (χ4n) is 4.84. The van der Waals surface area contributed by atoms with Gasteiger partial charge in [0, 0.05) is 18.3 Å². The molecule has 9 heteroatoms. The van der Waals surface area contributed by atoms with E-state index in [4.69, 9.17) is 4.42 Å². The van der Waals surface area contributed by atoms with Crippen molar-refractivity contribution in [3.63, 3.8) is 0 Å². The molecule has 1 aliphatic heterocycles. The zero-order valence-corrected chi connectivity index (χ0v) is 19.8. The first-order valence-electron chi connectivity index (χ1n) is 12.0. The second-order valence-electron chi connectivity index (χ2n) is 9.07. The van der Waals surface area contributed by atoms with Gasteiger partial charge in [-0.05, 0) is 56.1 Å². The minimum Gasteiger partial charge on any atom is -0.507 e. The average molecular weight is 498 g/mol. The molecule has 0 bridgehead atoms. The molecule has 0 unspecified atom stereocenters. The minimum atomic E-state index is -4.93. The first kappa shape index (κ1) is 24.1. The Labute approximate surface area is 205 Å². The number of hydrogen-bond donors (Lipinski definition) is 1. The van der Waals surface area contributed by atoms with Gasteiger partial charge in [0.15, 0.2) is 0 Å². The third kappa shape index (κ3) is 4.39. The van der Waals surface area contributed by atoms with Gasteiger partial charge in [0.1, 0.15) is 11.3 Å². The van der Waals surface area contributed by atoms with Gasteiger partial charge in [0.2, 0.25) is 11.2 Å². The van der Waals surface area contributed by atoms with Gasteiger partial charge in [-0.2, -0.15) is 18.3 Å². The molecule has 0 radical (unpaired) electrons. The zero-order valence-electron chi connectivity index (χ0n) is 19.8. The molecule has 1 saturated heterocycles. The molecular weight excluding hydrogens is 471 g/mol. The number of aromatic hydroxyl groups is 1. The first-order valence-corrected chi connectivity index (χ1v) is 12.0. The molecule has 1 aliphatic rings. The van der Waals surface area contributed by atoms with E-state index in [1.807, 2.05) is 13.0 Å². The zero-order chi connectivity index (χ0) is 25.4. The van der Waals surface area contributed by atoms with Gasteiger partial charge in [-0.1, -0.05) is 31.5 Å². The van der Waals surface area contributed by atoms with Crippen molar-refractivity contribution < 1.29 is 22.7 Å². The van der Waals surface area contributed by atoms with Crippen LogP contribution in [-0.2, 0) is 19.1 Å². The van der Waals surface area contributed by atoms with E-state index in [9.17, 15) is 23.1 Å². The Morgan fingerprint density at radius 2 is 1.83 bits per heavy atom. The number of likely N-dealkylation sites (tertiary alicyclic amines) is 1. The van der Waals surface area contributed by atoms with E-state index in [1.54, 1.807) is 24.3 Å². The summed E-state index contributed by atoms with van der Waals surface area (Å²) in [5.74, 6) is -1.51. The van der Waals surface area contributed by atoms with Gasteiger partial charge < -0.3 is 9.52 Å². The maximum absolute atomic E-state index is 14.3. The lowest BCUT2D eigenvalue weighted by Gasteiger charge is -2.27. The first-order chi connectivity index (χ1) is 17.3. The van der Waals surface area contributed by atoms with Crippen molar-refractivity contribution in [2.45, 2.75) is 45.3 Å². The summed E-state index contributed by atoms with van der Waals surface area (Å²) in [6.07, 6.45) is 1.13. The molecule has 0 atom stereocenters. The second kappa shape index (κ2) is 9.46. The van der Waals surface area contributed by atoms with Crippen LogP contribution in [-0.4, -0.2) is 32.9 Å². The molecule has 5 rings (SSSR count). The predicted molar refractivity (Wildman–Crippen MR) is 130 cm³/mol. The highest BCUT2D eigenvalue weighted by molar-refractivity contribution is 5.88. The molecule has 2 aromatic carbocycles. The van der Waals surface area contributed by atoms with E-state index in [0.29, 0.717) is 17.7 Å².